The molecule has 108 heavy (non-hydrogen) atoms. The number of ether oxygens (including phenoxy) is 4. The molecule has 0 heterocycles. The standard InChI is InChI=1S/C89H144O17P2/c1-5-9-13-17-21-25-29-33-37-40-41-44-47-50-54-58-62-66-70-74-87(92)100-80-85(106-89(94)76-72-68-64-60-56-52-48-43-39-35-31-27-23-19-15-11-7-3)82-104-108(97,98)102-78-83(90)77-101-107(95,96)103-81-84(105-88(93)75-71-67-63-59-55-51-45-36-32-28-24-20-16-12-8-4)79-99-86(91)73-69-65-61-57-53-49-46-42-38-34-30-26-22-18-14-10-6-2/h9-11,13-15,21-28,33-39,41,44-46,48-50,52,54,83-85,90H,5-8,12,16-20,29-32,40,42-43,47,51,53,55-82H2,1-4H3,(H,95,96)(H,97,98)/b13-9-,14-10-,15-11-,25-21-,26-22-,27-23-,28-24-,37-33-,38-34-,39-35-,44-41-,45-36-,49-46-,52-48-,54-50-. The third-order valence-electron chi connectivity index (χ3n) is 16.3. The fraction of sp³-hybridized carbons (Fsp3) is 0.618. The number of unbranched alkanes of at least 4 members (excludes halogenated alkanes) is 19. The van der Waals surface area contributed by atoms with Gasteiger partial charge in [-0.1, -0.05) is 274 Å². The number of allylic oxidation sites excluding steroid dienone is 30. The van der Waals surface area contributed by atoms with E-state index in [1.165, 1.54) is 19.3 Å². The predicted molar refractivity (Wildman–Crippen MR) is 445 cm³/mol. The lowest BCUT2D eigenvalue weighted by Gasteiger charge is -2.21. The van der Waals surface area contributed by atoms with E-state index in [0.717, 1.165) is 199 Å². The summed E-state index contributed by atoms with van der Waals surface area (Å²) in [4.78, 5) is 73.2. The topological polar surface area (TPSA) is 237 Å². The van der Waals surface area contributed by atoms with E-state index in [1.54, 1.807) is 0 Å². The average molecular weight is 1550 g/mol. The van der Waals surface area contributed by atoms with Crippen molar-refractivity contribution >= 4 is 39.5 Å². The average Bonchev–Trinajstić information content (AvgIpc) is 0.906. The normalized spacial score (nSPS) is 14.8. The van der Waals surface area contributed by atoms with E-state index >= 15 is 0 Å². The number of carbonyl (C=O) groups is 4. The third-order valence-corrected chi connectivity index (χ3v) is 18.2. The van der Waals surface area contributed by atoms with Gasteiger partial charge in [-0.15, -0.1) is 0 Å². The summed E-state index contributed by atoms with van der Waals surface area (Å²) >= 11 is 0. The number of phosphoric ester groups is 2. The molecule has 17 nitrogen and oxygen atoms in total. The van der Waals surface area contributed by atoms with Crippen molar-refractivity contribution in [1.29, 1.82) is 0 Å². The molecule has 0 aromatic heterocycles. The fourth-order valence-electron chi connectivity index (χ4n) is 10.2. The summed E-state index contributed by atoms with van der Waals surface area (Å²) in [5, 5.41) is 10.7. The fourth-order valence-corrected chi connectivity index (χ4v) is 11.8. The Morgan fingerprint density at radius 1 is 0.269 bits per heavy atom. The highest BCUT2D eigenvalue weighted by atomic mass is 31.2. The zero-order chi connectivity index (χ0) is 78.9. The molecular weight excluding hydrogens is 1400 g/mol. The minimum atomic E-state index is -5.01. The highest BCUT2D eigenvalue weighted by Crippen LogP contribution is 2.45. The van der Waals surface area contributed by atoms with Gasteiger partial charge in [-0.3, -0.25) is 37.3 Å². The summed E-state index contributed by atoms with van der Waals surface area (Å²) < 4.78 is 68.6. The summed E-state index contributed by atoms with van der Waals surface area (Å²) in [5.74, 6) is -2.29. The van der Waals surface area contributed by atoms with Crippen LogP contribution in [0.25, 0.3) is 0 Å². The van der Waals surface area contributed by atoms with E-state index in [-0.39, 0.29) is 25.7 Å². The molecule has 0 aromatic carbocycles. The first-order valence-corrected chi connectivity index (χ1v) is 44.0. The Labute approximate surface area is 654 Å². The summed E-state index contributed by atoms with van der Waals surface area (Å²) in [7, 11) is -10.0. The number of rotatable bonds is 75. The molecule has 0 aliphatic heterocycles. The van der Waals surface area contributed by atoms with E-state index < -0.39 is 97.5 Å². The third kappa shape index (κ3) is 78.3. The van der Waals surface area contributed by atoms with Crippen molar-refractivity contribution in [2.45, 2.75) is 316 Å². The Bertz CT molecular complexity index is 2760. The molecule has 0 amide bonds. The van der Waals surface area contributed by atoms with Crippen LogP contribution in [0.5, 0.6) is 0 Å². The molecule has 0 saturated heterocycles. The number of phosphoric acid groups is 2. The van der Waals surface area contributed by atoms with Gasteiger partial charge in [-0.2, -0.15) is 0 Å². The Kier molecular flexibility index (Phi) is 75.0. The summed E-state index contributed by atoms with van der Waals surface area (Å²) in [6, 6.07) is 0. The molecule has 0 bridgehead atoms. The molecule has 5 unspecified atom stereocenters. The van der Waals surface area contributed by atoms with Gasteiger partial charge >= 0.3 is 39.5 Å². The second-order valence-corrected chi connectivity index (χ2v) is 29.5. The number of aliphatic hydroxyl groups is 1. The summed E-state index contributed by atoms with van der Waals surface area (Å²) in [6.45, 7) is 4.39. The maximum absolute atomic E-state index is 13.1. The second-order valence-electron chi connectivity index (χ2n) is 26.6. The van der Waals surface area contributed by atoms with Gasteiger partial charge in [0, 0.05) is 25.7 Å². The Morgan fingerprint density at radius 3 is 0.750 bits per heavy atom. The highest BCUT2D eigenvalue weighted by molar-refractivity contribution is 7.47. The maximum atomic E-state index is 13.1. The Balaban J connectivity index is 5.48. The molecule has 612 valence electrons. The van der Waals surface area contributed by atoms with Gasteiger partial charge in [0.2, 0.25) is 0 Å². The molecule has 0 rings (SSSR count). The summed E-state index contributed by atoms with van der Waals surface area (Å²) in [6.07, 6.45) is 95.7. The zero-order valence-electron chi connectivity index (χ0n) is 66.9. The van der Waals surface area contributed by atoms with Crippen molar-refractivity contribution in [3.8, 4) is 0 Å². The van der Waals surface area contributed by atoms with Gasteiger partial charge in [-0.05, 0) is 180 Å². The second kappa shape index (κ2) is 79.3. The zero-order valence-corrected chi connectivity index (χ0v) is 68.7. The van der Waals surface area contributed by atoms with Crippen LogP contribution < -0.4 is 0 Å². The monoisotopic (exact) mass is 1550 g/mol. The lowest BCUT2D eigenvalue weighted by atomic mass is 10.1. The maximum Gasteiger partial charge on any atom is 0.472 e. The van der Waals surface area contributed by atoms with Crippen molar-refractivity contribution in [2.24, 2.45) is 0 Å². The van der Waals surface area contributed by atoms with Gasteiger partial charge in [-0.25, -0.2) is 9.13 Å². The first kappa shape index (κ1) is 102. The minimum Gasteiger partial charge on any atom is -0.462 e. The first-order valence-electron chi connectivity index (χ1n) is 41.0. The molecule has 0 spiro atoms. The molecule has 0 saturated carbocycles. The van der Waals surface area contributed by atoms with Gasteiger partial charge < -0.3 is 33.8 Å². The van der Waals surface area contributed by atoms with Crippen LogP contribution in [0.15, 0.2) is 182 Å². The van der Waals surface area contributed by atoms with Gasteiger partial charge in [0.15, 0.2) is 12.2 Å². The van der Waals surface area contributed by atoms with Crippen molar-refractivity contribution in [3.05, 3.63) is 182 Å². The highest BCUT2D eigenvalue weighted by Gasteiger charge is 2.30. The van der Waals surface area contributed by atoms with E-state index in [4.69, 9.17) is 37.0 Å². The van der Waals surface area contributed by atoms with Crippen LogP contribution in [0.4, 0.5) is 0 Å². The van der Waals surface area contributed by atoms with Crippen molar-refractivity contribution < 1.29 is 80.2 Å². The van der Waals surface area contributed by atoms with Crippen molar-refractivity contribution in [1.82, 2.24) is 0 Å². The van der Waals surface area contributed by atoms with Crippen LogP contribution >= 0.6 is 15.6 Å². The van der Waals surface area contributed by atoms with E-state index in [9.17, 15) is 43.2 Å². The molecule has 0 aliphatic rings. The molecule has 3 N–H and O–H groups in total. The molecule has 0 aromatic rings. The molecule has 0 fully saturated rings. The van der Waals surface area contributed by atoms with Crippen LogP contribution in [0, 0.1) is 0 Å². The van der Waals surface area contributed by atoms with Gasteiger partial charge in [0.25, 0.3) is 0 Å². The number of carbonyl (C=O) groups excluding carboxylic acids is 4. The lowest BCUT2D eigenvalue weighted by molar-refractivity contribution is -0.161. The number of esters is 4. The van der Waals surface area contributed by atoms with Gasteiger partial charge in [0.05, 0.1) is 26.4 Å². The predicted octanol–water partition coefficient (Wildman–Crippen LogP) is 24.3. The Hall–Kier alpha value is -5.84. The number of hydrogen-bond donors (Lipinski definition) is 3. The molecule has 5 atom stereocenters. The van der Waals surface area contributed by atoms with Crippen molar-refractivity contribution in [3.63, 3.8) is 0 Å². The first-order chi connectivity index (χ1) is 52.7. The lowest BCUT2D eigenvalue weighted by Crippen LogP contribution is -2.30. The van der Waals surface area contributed by atoms with Crippen molar-refractivity contribution in [2.75, 3.05) is 39.6 Å². The van der Waals surface area contributed by atoms with Crippen LogP contribution in [0.1, 0.15) is 297 Å². The largest absolute Gasteiger partial charge is 0.472 e. The molecular formula is C89H144O17P2. The van der Waals surface area contributed by atoms with Crippen LogP contribution in [-0.4, -0.2) is 96.7 Å². The number of aliphatic hydroxyl groups excluding tert-OH is 1. The van der Waals surface area contributed by atoms with Crippen LogP contribution in [-0.2, 0) is 65.4 Å². The smallest absolute Gasteiger partial charge is 0.462 e. The summed E-state index contributed by atoms with van der Waals surface area (Å²) in [5.41, 5.74) is 0. The minimum absolute atomic E-state index is 0.0514. The quantitative estimate of drug-likeness (QED) is 0.0169. The van der Waals surface area contributed by atoms with E-state index in [1.807, 2.05) is 0 Å². The molecule has 0 aliphatic carbocycles. The van der Waals surface area contributed by atoms with Crippen LogP contribution in [0.3, 0.4) is 0 Å². The number of hydrogen-bond acceptors (Lipinski definition) is 15. The molecule has 19 heteroatoms. The SMILES string of the molecule is CC/C=C\C/C=C\C/C=C\C/C=C\C/C=C\CCCCCC(=O)OCC(COP(=O)(O)OCC(O)COP(=O)(O)OCC(COC(=O)CCCCCC/C=C\C/C=C\C/C=C\C/C=C\CC)OC(=O)CCCCCCC/C=C\C/C=C\CCCCC)OC(=O)CCCCCC/C=C\C/C=C\C/C=C\C/C=C\CC. The molecule has 0 radical (unpaired) electrons. The van der Waals surface area contributed by atoms with E-state index in [2.05, 4.69) is 210 Å². The van der Waals surface area contributed by atoms with Gasteiger partial charge in [0.1, 0.15) is 19.3 Å². The van der Waals surface area contributed by atoms with E-state index in [0.29, 0.717) is 25.7 Å². The Morgan fingerprint density at radius 2 is 0.481 bits per heavy atom. The van der Waals surface area contributed by atoms with Crippen LogP contribution in [0.2, 0.25) is 0 Å².